The molecule has 10 heteroatoms. The summed E-state index contributed by atoms with van der Waals surface area (Å²) in [4.78, 5) is 16.3. The number of imidazole rings is 1. The molecule has 2 heterocycles. The van der Waals surface area contributed by atoms with Crippen LogP contribution < -0.4 is 5.32 Å². The molecule has 29 heavy (non-hydrogen) atoms. The third kappa shape index (κ3) is 5.63. The van der Waals surface area contributed by atoms with Gasteiger partial charge in [-0.05, 0) is 11.5 Å². The van der Waals surface area contributed by atoms with Crippen LogP contribution in [0.25, 0.3) is 11.3 Å². The van der Waals surface area contributed by atoms with E-state index in [4.69, 9.17) is 4.52 Å². The summed E-state index contributed by atoms with van der Waals surface area (Å²) in [7, 11) is 0. The summed E-state index contributed by atoms with van der Waals surface area (Å²) in [5, 5.41) is 6.49. The van der Waals surface area contributed by atoms with E-state index in [2.05, 4.69) is 15.5 Å². The summed E-state index contributed by atoms with van der Waals surface area (Å²) >= 11 is 0.921. The first-order valence-electron chi connectivity index (χ1n) is 8.80. The minimum Gasteiger partial charge on any atom is -0.338 e. The molecule has 6 nitrogen and oxygen atoms in total. The van der Waals surface area contributed by atoms with Gasteiger partial charge in [-0.2, -0.15) is 13.2 Å². The van der Waals surface area contributed by atoms with Crippen LogP contribution in [0.1, 0.15) is 25.5 Å². The molecule has 154 valence electrons. The van der Waals surface area contributed by atoms with Crippen molar-refractivity contribution in [3.63, 3.8) is 0 Å². The predicted molar refractivity (Wildman–Crippen MR) is 104 cm³/mol. The van der Waals surface area contributed by atoms with Gasteiger partial charge in [-0.1, -0.05) is 61.1 Å². The summed E-state index contributed by atoms with van der Waals surface area (Å²) in [6, 6.07) is 10.3. The molecule has 0 fully saturated rings. The van der Waals surface area contributed by atoms with E-state index in [9.17, 15) is 18.0 Å². The van der Waals surface area contributed by atoms with Crippen molar-refractivity contribution in [2.75, 3.05) is 11.1 Å². The molecular weight excluding hydrogens is 405 g/mol. The number of nitrogens with one attached hydrogen (secondary N) is 1. The van der Waals surface area contributed by atoms with E-state index in [0.29, 0.717) is 17.0 Å². The van der Waals surface area contributed by atoms with Crippen LogP contribution in [0.4, 0.5) is 19.1 Å². The maximum atomic E-state index is 13.1. The van der Waals surface area contributed by atoms with Crippen LogP contribution in [-0.4, -0.2) is 32.5 Å². The Kier molecular flexibility index (Phi) is 6.31. The smallest absolute Gasteiger partial charge is 0.338 e. The molecule has 0 aliphatic rings. The SMILES string of the molecule is CC(C)c1cc(NC(=O)CSc2ncc(-c3ccccc3)n2CC(F)(F)F)on1. The predicted octanol–water partition coefficient (Wildman–Crippen LogP) is 4.95. The van der Waals surface area contributed by atoms with Crippen LogP contribution in [-0.2, 0) is 11.3 Å². The van der Waals surface area contributed by atoms with Crippen molar-refractivity contribution in [1.29, 1.82) is 0 Å². The van der Waals surface area contributed by atoms with Gasteiger partial charge in [-0.3, -0.25) is 10.1 Å². The molecule has 3 aromatic rings. The Balaban J connectivity index is 1.72. The van der Waals surface area contributed by atoms with Crippen LogP contribution in [0.2, 0.25) is 0 Å². The summed E-state index contributed by atoms with van der Waals surface area (Å²) in [5.41, 5.74) is 1.65. The van der Waals surface area contributed by atoms with Gasteiger partial charge in [-0.25, -0.2) is 4.98 Å². The van der Waals surface area contributed by atoms with E-state index in [0.717, 1.165) is 16.3 Å². The van der Waals surface area contributed by atoms with Crippen LogP contribution in [0.5, 0.6) is 0 Å². The minimum absolute atomic E-state index is 0.108. The summed E-state index contributed by atoms with van der Waals surface area (Å²) in [5.74, 6) is -0.210. The van der Waals surface area contributed by atoms with Crippen LogP contribution >= 0.6 is 11.8 Å². The number of rotatable bonds is 7. The number of aromatic nitrogens is 3. The monoisotopic (exact) mass is 424 g/mol. The van der Waals surface area contributed by atoms with E-state index < -0.39 is 18.6 Å². The fourth-order valence-electron chi connectivity index (χ4n) is 2.57. The minimum atomic E-state index is -4.42. The highest BCUT2D eigenvalue weighted by atomic mass is 32.2. The lowest BCUT2D eigenvalue weighted by Crippen LogP contribution is -2.20. The average molecular weight is 424 g/mol. The first kappa shape index (κ1) is 21.0. The van der Waals surface area contributed by atoms with Crippen LogP contribution in [0.15, 0.2) is 52.3 Å². The Bertz CT molecular complexity index is 967. The Morgan fingerprint density at radius 1 is 1.28 bits per heavy atom. The van der Waals surface area contributed by atoms with Gasteiger partial charge in [-0.15, -0.1) is 0 Å². The zero-order valence-electron chi connectivity index (χ0n) is 15.7. The Morgan fingerprint density at radius 2 is 2.00 bits per heavy atom. The molecule has 0 unspecified atom stereocenters. The number of carbonyl (C=O) groups is 1. The quantitative estimate of drug-likeness (QED) is 0.543. The van der Waals surface area contributed by atoms with Gasteiger partial charge in [0, 0.05) is 6.07 Å². The molecule has 3 rings (SSSR count). The summed E-state index contributed by atoms with van der Waals surface area (Å²) in [6.45, 7) is 2.68. The molecule has 0 bridgehead atoms. The molecule has 0 saturated carbocycles. The Hall–Kier alpha value is -2.75. The second-order valence-electron chi connectivity index (χ2n) is 6.60. The normalized spacial score (nSPS) is 11.8. The third-order valence-corrected chi connectivity index (χ3v) is 4.93. The molecule has 1 aromatic carbocycles. The summed E-state index contributed by atoms with van der Waals surface area (Å²) in [6.07, 6.45) is -3.04. The lowest BCUT2D eigenvalue weighted by atomic mass is 10.1. The molecule has 0 atom stereocenters. The standard InChI is InChI=1S/C19H19F3N4O2S/c1-12(2)14-8-17(28-25-14)24-16(27)10-29-18-23-9-15(13-6-4-3-5-7-13)26(18)11-19(20,21)22/h3-9,12H,10-11H2,1-2H3,(H,24,27). The zero-order valence-corrected chi connectivity index (χ0v) is 16.5. The van der Waals surface area contributed by atoms with Gasteiger partial charge < -0.3 is 9.09 Å². The van der Waals surface area contributed by atoms with E-state index in [-0.39, 0.29) is 22.7 Å². The second kappa shape index (κ2) is 8.73. The lowest BCUT2D eigenvalue weighted by molar-refractivity contribution is -0.141. The fourth-order valence-corrected chi connectivity index (χ4v) is 3.35. The van der Waals surface area contributed by atoms with E-state index in [1.807, 2.05) is 13.8 Å². The number of benzene rings is 1. The van der Waals surface area contributed by atoms with Gasteiger partial charge in [0.1, 0.15) is 6.54 Å². The zero-order chi connectivity index (χ0) is 21.0. The van der Waals surface area contributed by atoms with Crippen LogP contribution in [0, 0.1) is 0 Å². The number of carbonyl (C=O) groups excluding carboxylic acids is 1. The van der Waals surface area contributed by atoms with Gasteiger partial charge in [0.15, 0.2) is 5.16 Å². The second-order valence-corrected chi connectivity index (χ2v) is 7.54. The molecule has 0 radical (unpaired) electrons. The Labute approximate surface area is 169 Å². The van der Waals surface area contributed by atoms with Crippen molar-refractivity contribution < 1.29 is 22.5 Å². The van der Waals surface area contributed by atoms with Crippen LogP contribution in [0.3, 0.4) is 0 Å². The van der Waals surface area contributed by atoms with E-state index in [1.165, 1.54) is 6.20 Å². The first-order chi connectivity index (χ1) is 13.7. The topological polar surface area (TPSA) is 73.0 Å². The highest BCUT2D eigenvalue weighted by Crippen LogP contribution is 2.30. The number of nitrogens with zero attached hydrogens (tertiary/aromatic N) is 3. The van der Waals surface area contributed by atoms with E-state index in [1.54, 1.807) is 36.4 Å². The maximum absolute atomic E-state index is 13.1. The molecule has 0 spiro atoms. The molecular formula is C19H19F3N4O2S. The van der Waals surface area contributed by atoms with Crippen molar-refractivity contribution in [1.82, 2.24) is 14.7 Å². The highest BCUT2D eigenvalue weighted by Gasteiger charge is 2.31. The molecule has 1 amide bonds. The number of amides is 1. The molecule has 0 aliphatic carbocycles. The number of hydrogen-bond acceptors (Lipinski definition) is 5. The number of alkyl halides is 3. The highest BCUT2D eigenvalue weighted by molar-refractivity contribution is 7.99. The van der Waals surface area contributed by atoms with Crippen molar-refractivity contribution >= 4 is 23.6 Å². The lowest BCUT2D eigenvalue weighted by Gasteiger charge is -2.14. The van der Waals surface area contributed by atoms with Crippen molar-refractivity contribution in [3.05, 3.63) is 48.3 Å². The summed E-state index contributed by atoms with van der Waals surface area (Å²) < 4.78 is 45.4. The van der Waals surface area contributed by atoms with Gasteiger partial charge in [0.2, 0.25) is 11.8 Å². The van der Waals surface area contributed by atoms with Crippen molar-refractivity contribution in [3.8, 4) is 11.3 Å². The van der Waals surface area contributed by atoms with E-state index >= 15 is 0 Å². The van der Waals surface area contributed by atoms with Crippen molar-refractivity contribution in [2.24, 2.45) is 0 Å². The Morgan fingerprint density at radius 3 is 2.62 bits per heavy atom. The molecule has 1 N–H and O–H groups in total. The number of anilines is 1. The molecule has 0 saturated heterocycles. The average Bonchev–Trinajstić information content (AvgIpc) is 3.27. The van der Waals surface area contributed by atoms with Gasteiger partial charge in [0.25, 0.3) is 0 Å². The number of halogens is 3. The fraction of sp³-hybridized carbons (Fsp3) is 0.316. The number of hydrogen-bond donors (Lipinski definition) is 1. The van der Waals surface area contributed by atoms with Gasteiger partial charge in [0.05, 0.1) is 23.3 Å². The molecule has 2 aromatic heterocycles. The first-order valence-corrected chi connectivity index (χ1v) is 9.78. The largest absolute Gasteiger partial charge is 0.406 e. The number of thioether (sulfide) groups is 1. The molecule has 0 aliphatic heterocycles. The van der Waals surface area contributed by atoms with Gasteiger partial charge >= 0.3 is 6.18 Å². The van der Waals surface area contributed by atoms with Crippen molar-refractivity contribution in [2.45, 2.75) is 37.6 Å². The maximum Gasteiger partial charge on any atom is 0.406 e. The third-order valence-electron chi connectivity index (χ3n) is 3.94.